The minimum absolute atomic E-state index is 0.572. The minimum Gasteiger partial charge on any atom is -0.341 e. The number of allylic oxidation sites excluding steroid dienone is 1. The largest absolute Gasteiger partial charge is 0.341 e. The Morgan fingerprint density at radius 2 is 2.11 bits per heavy atom. The summed E-state index contributed by atoms with van der Waals surface area (Å²) in [6.45, 7) is 8.11. The summed E-state index contributed by atoms with van der Waals surface area (Å²) in [7, 11) is 0. The van der Waals surface area contributed by atoms with Gasteiger partial charge in [0, 0.05) is 37.6 Å². The number of rotatable bonds is 6. The van der Waals surface area contributed by atoms with E-state index in [0.29, 0.717) is 12.1 Å². The highest BCUT2D eigenvalue weighted by Crippen LogP contribution is 2.16. The Balaban J connectivity index is 1.75. The highest BCUT2D eigenvalue weighted by molar-refractivity contribution is 5.29. The van der Waals surface area contributed by atoms with Crippen molar-refractivity contribution in [3.05, 3.63) is 31.1 Å². The van der Waals surface area contributed by atoms with Crippen LogP contribution in [0.2, 0.25) is 0 Å². The molecular weight excluding hydrogens is 236 g/mol. The van der Waals surface area contributed by atoms with Gasteiger partial charge in [0.2, 0.25) is 5.95 Å². The van der Waals surface area contributed by atoms with Gasteiger partial charge in [0.1, 0.15) is 0 Å². The van der Waals surface area contributed by atoms with Gasteiger partial charge < -0.3 is 10.2 Å². The normalized spacial score (nSPS) is 18.3. The lowest BCUT2D eigenvalue weighted by atomic mass is 10.0. The summed E-state index contributed by atoms with van der Waals surface area (Å²) in [5.74, 6) is 0.862. The number of aromatic nitrogens is 2. The zero-order valence-corrected chi connectivity index (χ0v) is 11.8. The fourth-order valence-electron chi connectivity index (χ4n) is 2.55. The van der Waals surface area contributed by atoms with Gasteiger partial charge in [-0.15, -0.1) is 6.58 Å². The molecule has 1 aliphatic heterocycles. The molecule has 4 nitrogen and oxygen atoms in total. The molecule has 2 heterocycles. The third-order valence-corrected chi connectivity index (χ3v) is 3.65. The van der Waals surface area contributed by atoms with E-state index >= 15 is 0 Å². The summed E-state index contributed by atoms with van der Waals surface area (Å²) in [5, 5.41) is 3.71. The summed E-state index contributed by atoms with van der Waals surface area (Å²) in [5.41, 5.74) is 0. The van der Waals surface area contributed by atoms with Crippen LogP contribution >= 0.6 is 0 Å². The number of hydrogen-bond donors (Lipinski definition) is 1. The first-order valence-corrected chi connectivity index (χ1v) is 7.18. The topological polar surface area (TPSA) is 41.0 Å². The summed E-state index contributed by atoms with van der Waals surface area (Å²) in [6, 6.07) is 3.06. The van der Waals surface area contributed by atoms with Crippen LogP contribution < -0.4 is 10.2 Å². The van der Waals surface area contributed by atoms with E-state index in [-0.39, 0.29) is 0 Å². The molecule has 1 saturated heterocycles. The minimum atomic E-state index is 0.572. The maximum atomic E-state index is 4.31. The van der Waals surface area contributed by atoms with E-state index in [9.17, 15) is 0 Å². The highest BCUT2D eigenvalue weighted by Gasteiger charge is 2.21. The molecule has 1 aliphatic rings. The number of nitrogens with one attached hydrogen (secondary N) is 1. The lowest BCUT2D eigenvalue weighted by Gasteiger charge is -2.33. The molecule has 4 heteroatoms. The van der Waals surface area contributed by atoms with Gasteiger partial charge in [-0.1, -0.05) is 6.08 Å². The highest BCUT2D eigenvalue weighted by atomic mass is 15.3. The van der Waals surface area contributed by atoms with Crippen LogP contribution in [0.5, 0.6) is 0 Å². The van der Waals surface area contributed by atoms with Gasteiger partial charge in [-0.3, -0.25) is 0 Å². The molecule has 0 bridgehead atoms. The Morgan fingerprint density at radius 1 is 1.42 bits per heavy atom. The molecular formula is C15H24N4. The van der Waals surface area contributed by atoms with Gasteiger partial charge in [-0.05, 0) is 38.7 Å². The summed E-state index contributed by atoms with van der Waals surface area (Å²) >= 11 is 0. The molecule has 0 amide bonds. The molecule has 0 aliphatic carbocycles. The van der Waals surface area contributed by atoms with E-state index in [2.05, 4.69) is 33.7 Å². The number of hydrogen-bond acceptors (Lipinski definition) is 4. The lowest BCUT2D eigenvalue weighted by Crippen LogP contribution is -2.45. The van der Waals surface area contributed by atoms with Crippen molar-refractivity contribution in [1.82, 2.24) is 15.3 Å². The monoisotopic (exact) mass is 260 g/mol. The van der Waals surface area contributed by atoms with E-state index in [1.807, 2.05) is 24.5 Å². The fraction of sp³-hybridized carbons (Fsp3) is 0.600. The first-order valence-electron chi connectivity index (χ1n) is 7.18. The van der Waals surface area contributed by atoms with Crippen LogP contribution in [0.4, 0.5) is 5.95 Å². The van der Waals surface area contributed by atoms with Gasteiger partial charge in [-0.25, -0.2) is 9.97 Å². The number of anilines is 1. The second kappa shape index (κ2) is 7.24. The van der Waals surface area contributed by atoms with E-state index in [0.717, 1.165) is 38.3 Å². The van der Waals surface area contributed by atoms with Crippen LogP contribution in [-0.4, -0.2) is 35.1 Å². The zero-order chi connectivity index (χ0) is 13.5. The van der Waals surface area contributed by atoms with Crippen molar-refractivity contribution in [2.24, 2.45) is 0 Å². The molecule has 0 aromatic carbocycles. The van der Waals surface area contributed by atoms with Crippen molar-refractivity contribution in [3.63, 3.8) is 0 Å². The maximum Gasteiger partial charge on any atom is 0.225 e. The van der Waals surface area contributed by atoms with Crippen molar-refractivity contribution >= 4 is 5.95 Å². The number of nitrogens with zero attached hydrogens (tertiary/aromatic N) is 3. The van der Waals surface area contributed by atoms with Crippen molar-refractivity contribution < 1.29 is 0 Å². The van der Waals surface area contributed by atoms with E-state index in [1.54, 1.807) is 0 Å². The predicted octanol–water partition coefficient (Wildman–Crippen LogP) is 2.39. The molecule has 19 heavy (non-hydrogen) atoms. The van der Waals surface area contributed by atoms with Crippen LogP contribution in [0.25, 0.3) is 0 Å². The average Bonchev–Trinajstić information content (AvgIpc) is 2.47. The first-order chi connectivity index (χ1) is 9.29. The van der Waals surface area contributed by atoms with Crippen LogP contribution in [-0.2, 0) is 0 Å². The second-order valence-electron chi connectivity index (χ2n) is 5.24. The van der Waals surface area contributed by atoms with Crippen LogP contribution in [0, 0.1) is 0 Å². The molecule has 0 radical (unpaired) electrons. The van der Waals surface area contributed by atoms with Crippen LogP contribution in [0.1, 0.15) is 32.6 Å². The Bertz CT molecular complexity index is 371. The van der Waals surface area contributed by atoms with Crippen LogP contribution in [0.15, 0.2) is 31.1 Å². The van der Waals surface area contributed by atoms with Gasteiger partial charge in [0.05, 0.1) is 0 Å². The Labute approximate surface area is 115 Å². The van der Waals surface area contributed by atoms with Gasteiger partial charge in [0.25, 0.3) is 0 Å². The molecule has 2 rings (SSSR count). The average molecular weight is 260 g/mol. The quantitative estimate of drug-likeness (QED) is 0.797. The van der Waals surface area contributed by atoms with Crippen molar-refractivity contribution in [2.75, 3.05) is 18.0 Å². The summed E-state index contributed by atoms with van der Waals surface area (Å²) in [6.07, 6.45) is 10.2. The Hall–Kier alpha value is -1.42. The molecule has 104 valence electrons. The molecule has 0 saturated carbocycles. The van der Waals surface area contributed by atoms with Gasteiger partial charge >= 0.3 is 0 Å². The molecule has 1 N–H and O–H groups in total. The molecule has 1 unspecified atom stereocenters. The van der Waals surface area contributed by atoms with E-state index in [1.165, 1.54) is 6.42 Å². The SMILES string of the molecule is C=CCCC(C)NC1CCN(c2ncccn2)CC1. The lowest BCUT2D eigenvalue weighted by molar-refractivity contribution is 0.366. The molecule has 1 aromatic heterocycles. The van der Waals surface area contributed by atoms with Crippen molar-refractivity contribution in [1.29, 1.82) is 0 Å². The third-order valence-electron chi connectivity index (χ3n) is 3.65. The predicted molar refractivity (Wildman–Crippen MR) is 79.3 cm³/mol. The van der Waals surface area contributed by atoms with Crippen molar-refractivity contribution in [3.8, 4) is 0 Å². The summed E-state index contributed by atoms with van der Waals surface area (Å²) in [4.78, 5) is 10.9. The van der Waals surface area contributed by atoms with Gasteiger partial charge in [-0.2, -0.15) is 0 Å². The fourth-order valence-corrected chi connectivity index (χ4v) is 2.55. The van der Waals surface area contributed by atoms with E-state index in [4.69, 9.17) is 0 Å². The summed E-state index contributed by atoms with van der Waals surface area (Å²) < 4.78 is 0. The Kier molecular flexibility index (Phi) is 5.33. The smallest absolute Gasteiger partial charge is 0.225 e. The maximum absolute atomic E-state index is 4.31. The molecule has 1 fully saturated rings. The van der Waals surface area contributed by atoms with Crippen LogP contribution in [0.3, 0.4) is 0 Å². The standard InChI is InChI=1S/C15H24N4/c1-3-4-6-13(2)18-14-7-11-19(12-8-14)15-16-9-5-10-17-15/h3,5,9-10,13-14,18H,1,4,6-8,11-12H2,2H3. The molecule has 1 atom stereocenters. The molecule has 0 spiro atoms. The third kappa shape index (κ3) is 4.31. The van der Waals surface area contributed by atoms with Gasteiger partial charge in [0.15, 0.2) is 0 Å². The number of piperidine rings is 1. The molecule has 1 aromatic rings. The first kappa shape index (κ1) is 14.0. The zero-order valence-electron chi connectivity index (χ0n) is 11.8. The Morgan fingerprint density at radius 3 is 2.74 bits per heavy atom. The van der Waals surface area contributed by atoms with E-state index < -0.39 is 0 Å². The van der Waals surface area contributed by atoms with Crippen molar-refractivity contribution in [2.45, 2.75) is 44.7 Å². The second-order valence-corrected chi connectivity index (χ2v) is 5.24.